The lowest BCUT2D eigenvalue weighted by molar-refractivity contribution is -0.134. The maximum Gasteiger partial charge on any atom is 0.338 e. The Kier molecular flexibility index (Phi) is 7.94. The summed E-state index contributed by atoms with van der Waals surface area (Å²) in [5.74, 6) is -0.870. The molecule has 29 heavy (non-hydrogen) atoms. The van der Waals surface area contributed by atoms with E-state index in [2.05, 4.69) is 29.2 Å². The number of ether oxygens (including phenoxy) is 2. The van der Waals surface area contributed by atoms with Crippen molar-refractivity contribution in [1.82, 2.24) is 0 Å². The zero-order valence-electron chi connectivity index (χ0n) is 15.6. The van der Waals surface area contributed by atoms with Gasteiger partial charge in [-0.1, -0.05) is 18.7 Å². The van der Waals surface area contributed by atoms with Crippen LogP contribution < -0.4 is 4.74 Å². The number of halogens is 1. The van der Waals surface area contributed by atoms with Gasteiger partial charge in [-0.05, 0) is 77.4 Å². The van der Waals surface area contributed by atoms with Gasteiger partial charge in [-0.2, -0.15) is 8.42 Å². The first-order valence-corrected chi connectivity index (χ1v) is 11.0. The van der Waals surface area contributed by atoms with E-state index in [0.717, 1.165) is 3.57 Å². The fraction of sp³-hybridized carbons (Fsp3) is 0.200. The molecule has 0 saturated heterocycles. The number of esters is 2. The molecule has 0 fully saturated rings. The monoisotopic (exact) mass is 530 g/mol. The smallest absolute Gasteiger partial charge is 0.338 e. The van der Waals surface area contributed by atoms with Crippen molar-refractivity contribution >= 4 is 50.7 Å². The molecule has 2 rings (SSSR count). The van der Waals surface area contributed by atoms with Gasteiger partial charge in [0.1, 0.15) is 10.6 Å². The summed E-state index contributed by atoms with van der Waals surface area (Å²) in [5.41, 5.74) is 0.917. The Morgan fingerprint density at radius 3 is 2.59 bits per heavy atom. The van der Waals surface area contributed by atoms with Gasteiger partial charge in [0.15, 0.2) is 0 Å². The number of hydrogen-bond acceptors (Lipinski definition) is 6. The quantitative estimate of drug-likeness (QED) is 0.181. The van der Waals surface area contributed by atoms with Crippen LogP contribution >= 0.6 is 22.6 Å². The molecule has 9 heteroatoms. The molecule has 2 aromatic carbocycles. The van der Waals surface area contributed by atoms with Crippen molar-refractivity contribution < 1.29 is 32.0 Å². The van der Waals surface area contributed by atoms with Crippen LogP contribution in [0.15, 0.2) is 47.9 Å². The summed E-state index contributed by atoms with van der Waals surface area (Å²) in [5, 5.41) is 0. The third-order valence-electron chi connectivity index (χ3n) is 3.85. The molecule has 0 saturated carbocycles. The third-order valence-corrected chi connectivity index (χ3v) is 5.43. The average Bonchev–Trinajstić information content (AvgIpc) is 2.65. The van der Waals surface area contributed by atoms with Gasteiger partial charge in [0.05, 0.1) is 12.2 Å². The van der Waals surface area contributed by atoms with Gasteiger partial charge in [-0.25, -0.2) is 4.79 Å². The van der Waals surface area contributed by atoms with E-state index < -0.39 is 22.1 Å². The molecular weight excluding hydrogens is 511 g/mol. The van der Waals surface area contributed by atoms with Crippen molar-refractivity contribution in [3.05, 3.63) is 63.2 Å². The van der Waals surface area contributed by atoms with Gasteiger partial charge in [-0.15, -0.1) is 0 Å². The molecule has 1 N–H and O–H groups in total. The van der Waals surface area contributed by atoms with Crippen molar-refractivity contribution in [2.45, 2.75) is 24.7 Å². The molecule has 0 unspecified atom stereocenters. The van der Waals surface area contributed by atoms with E-state index in [0.29, 0.717) is 11.1 Å². The predicted molar refractivity (Wildman–Crippen MR) is 115 cm³/mol. The second-order valence-electron chi connectivity index (χ2n) is 6.06. The Morgan fingerprint density at radius 1 is 1.24 bits per heavy atom. The van der Waals surface area contributed by atoms with Crippen molar-refractivity contribution in [2.75, 3.05) is 6.61 Å². The average molecular weight is 530 g/mol. The molecule has 154 valence electrons. The summed E-state index contributed by atoms with van der Waals surface area (Å²) < 4.78 is 43.4. The number of aryl methyl sites for hydroxylation is 1. The molecule has 0 radical (unpaired) electrons. The molecule has 0 bridgehead atoms. The summed E-state index contributed by atoms with van der Waals surface area (Å²) >= 11 is 2.09. The topological polar surface area (TPSA) is 107 Å². The molecule has 0 aliphatic carbocycles. The van der Waals surface area contributed by atoms with E-state index in [-0.39, 0.29) is 35.7 Å². The summed E-state index contributed by atoms with van der Waals surface area (Å²) in [6.45, 7) is 5.10. The van der Waals surface area contributed by atoms with Gasteiger partial charge in [0.2, 0.25) is 0 Å². The molecular formula is C20H19IO7S. The molecule has 2 aromatic rings. The summed E-state index contributed by atoms with van der Waals surface area (Å²) in [6, 6.07) is 9.49. The van der Waals surface area contributed by atoms with E-state index in [4.69, 9.17) is 9.47 Å². The summed E-state index contributed by atoms with van der Waals surface area (Å²) in [7, 11) is -4.43. The van der Waals surface area contributed by atoms with E-state index in [1.54, 1.807) is 25.1 Å². The number of carbonyl (C=O) groups is 2. The maximum atomic E-state index is 12.0. The van der Waals surface area contributed by atoms with Gasteiger partial charge in [0, 0.05) is 9.99 Å². The minimum absolute atomic E-state index is 0.00250. The van der Waals surface area contributed by atoms with E-state index >= 15 is 0 Å². The zero-order valence-corrected chi connectivity index (χ0v) is 18.5. The first-order chi connectivity index (χ1) is 13.6. The standard InChI is InChI=1S/C20H19IO7S/c1-3-14-12-17(13(2)10-18(14)29(24,25)26)28-19(22)8-5-9-27-20(23)15-6-4-7-16(21)11-15/h3-4,6-7,10-12H,1,5,8-9H2,2H3,(H,24,25,26). The minimum atomic E-state index is -4.43. The van der Waals surface area contributed by atoms with Crippen molar-refractivity contribution in [1.29, 1.82) is 0 Å². The lowest BCUT2D eigenvalue weighted by Gasteiger charge is -2.11. The van der Waals surface area contributed by atoms with Crippen LogP contribution in [0.1, 0.15) is 34.3 Å². The largest absolute Gasteiger partial charge is 0.462 e. The van der Waals surface area contributed by atoms with Crippen LogP contribution in [0.5, 0.6) is 5.75 Å². The highest BCUT2D eigenvalue weighted by atomic mass is 127. The van der Waals surface area contributed by atoms with Crippen LogP contribution in [0.25, 0.3) is 6.08 Å². The predicted octanol–water partition coefficient (Wildman–Crippen LogP) is 4.03. The number of benzene rings is 2. The number of carbonyl (C=O) groups excluding carboxylic acids is 2. The van der Waals surface area contributed by atoms with Gasteiger partial charge in [0.25, 0.3) is 10.1 Å². The summed E-state index contributed by atoms with van der Waals surface area (Å²) in [4.78, 5) is 23.7. The van der Waals surface area contributed by atoms with Crippen LogP contribution in [-0.4, -0.2) is 31.5 Å². The van der Waals surface area contributed by atoms with Gasteiger partial charge in [-0.3, -0.25) is 9.35 Å². The highest BCUT2D eigenvalue weighted by Gasteiger charge is 2.18. The van der Waals surface area contributed by atoms with Crippen LogP contribution in [0, 0.1) is 10.5 Å². The molecule has 0 heterocycles. The first kappa shape index (κ1) is 23.0. The second kappa shape index (κ2) is 9.99. The SMILES string of the molecule is C=Cc1cc(OC(=O)CCCOC(=O)c2cccc(I)c2)c(C)cc1S(=O)(=O)O. The van der Waals surface area contributed by atoms with Crippen molar-refractivity contribution in [2.24, 2.45) is 0 Å². The second-order valence-corrected chi connectivity index (χ2v) is 8.69. The molecule has 0 aliphatic rings. The fourth-order valence-electron chi connectivity index (χ4n) is 2.42. The molecule has 0 aliphatic heterocycles. The van der Waals surface area contributed by atoms with E-state index in [9.17, 15) is 22.6 Å². The highest BCUT2D eigenvalue weighted by Crippen LogP contribution is 2.27. The Hall–Kier alpha value is -2.24. The molecule has 0 aromatic heterocycles. The Labute approximate surface area is 182 Å². The molecule has 0 atom stereocenters. The van der Waals surface area contributed by atoms with Crippen LogP contribution in [0.4, 0.5) is 0 Å². The zero-order chi connectivity index (χ0) is 21.6. The Balaban J connectivity index is 1.91. The van der Waals surface area contributed by atoms with E-state index in [1.165, 1.54) is 18.2 Å². The summed E-state index contributed by atoms with van der Waals surface area (Å²) in [6.07, 6.45) is 1.51. The number of rotatable bonds is 8. The minimum Gasteiger partial charge on any atom is -0.462 e. The normalized spacial score (nSPS) is 11.0. The van der Waals surface area contributed by atoms with E-state index in [1.807, 2.05) is 6.07 Å². The number of hydrogen-bond donors (Lipinski definition) is 1. The third kappa shape index (κ3) is 6.65. The van der Waals surface area contributed by atoms with Gasteiger partial charge < -0.3 is 9.47 Å². The lowest BCUT2D eigenvalue weighted by Crippen LogP contribution is -2.12. The van der Waals surface area contributed by atoms with Crippen LogP contribution in [-0.2, 0) is 19.6 Å². The van der Waals surface area contributed by atoms with Crippen LogP contribution in [0.2, 0.25) is 0 Å². The maximum absolute atomic E-state index is 12.0. The Bertz CT molecular complexity index is 1040. The van der Waals surface area contributed by atoms with Crippen molar-refractivity contribution in [3.8, 4) is 5.75 Å². The fourth-order valence-corrected chi connectivity index (χ4v) is 3.73. The highest BCUT2D eigenvalue weighted by molar-refractivity contribution is 14.1. The molecule has 7 nitrogen and oxygen atoms in total. The molecule has 0 spiro atoms. The first-order valence-electron chi connectivity index (χ1n) is 8.49. The molecule has 0 amide bonds. The van der Waals surface area contributed by atoms with Crippen molar-refractivity contribution in [3.63, 3.8) is 0 Å². The Morgan fingerprint density at radius 2 is 1.97 bits per heavy atom. The van der Waals surface area contributed by atoms with Crippen LogP contribution in [0.3, 0.4) is 0 Å². The van der Waals surface area contributed by atoms with Gasteiger partial charge >= 0.3 is 11.9 Å². The lowest BCUT2D eigenvalue weighted by atomic mass is 10.1.